The molecular formula is C17H17NO2S. The van der Waals surface area contributed by atoms with Gasteiger partial charge in [-0.05, 0) is 38.1 Å². The summed E-state index contributed by atoms with van der Waals surface area (Å²) in [5.74, 6) is 0.172. The minimum absolute atomic E-state index is 0.00264. The fraction of sp³-hybridized carbons (Fsp3) is 0.235. The highest BCUT2D eigenvalue weighted by Gasteiger charge is 2.17. The summed E-state index contributed by atoms with van der Waals surface area (Å²) < 4.78 is 1.89. The van der Waals surface area contributed by atoms with Gasteiger partial charge in [0.05, 0.1) is 11.1 Å². The van der Waals surface area contributed by atoms with Gasteiger partial charge in [0.25, 0.3) is 0 Å². The normalized spacial score (nSPS) is 11.1. The summed E-state index contributed by atoms with van der Waals surface area (Å²) in [7, 11) is 0. The highest BCUT2D eigenvalue weighted by atomic mass is 32.1. The van der Waals surface area contributed by atoms with Crippen LogP contribution in [0.15, 0.2) is 41.2 Å². The van der Waals surface area contributed by atoms with E-state index in [1.165, 1.54) is 0 Å². The molecular weight excluding hydrogens is 282 g/mol. The van der Waals surface area contributed by atoms with Gasteiger partial charge in [0, 0.05) is 27.9 Å². The third kappa shape index (κ3) is 2.16. The van der Waals surface area contributed by atoms with Crippen LogP contribution in [0.3, 0.4) is 0 Å². The summed E-state index contributed by atoms with van der Waals surface area (Å²) in [6, 6.07) is 11.1. The number of fused-ring (bicyclic) bond motifs is 2. The molecule has 108 valence electrons. The Bertz CT molecular complexity index is 866. The van der Waals surface area contributed by atoms with Crippen LogP contribution in [0.1, 0.15) is 13.8 Å². The Morgan fingerprint density at radius 3 is 2.48 bits per heavy atom. The van der Waals surface area contributed by atoms with Crippen LogP contribution in [-0.4, -0.2) is 18.2 Å². The average Bonchev–Trinajstić information content (AvgIpc) is 2.51. The lowest BCUT2D eigenvalue weighted by Gasteiger charge is -2.23. The van der Waals surface area contributed by atoms with Gasteiger partial charge in [0.2, 0.25) is 0 Å². The zero-order valence-electron chi connectivity index (χ0n) is 12.1. The smallest absolute Gasteiger partial charge is 0.198 e. The van der Waals surface area contributed by atoms with Crippen LogP contribution >= 0.6 is 11.3 Å². The quantitative estimate of drug-likeness (QED) is 0.744. The van der Waals surface area contributed by atoms with E-state index in [-0.39, 0.29) is 11.2 Å². The van der Waals surface area contributed by atoms with Crippen LogP contribution in [0.2, 0.25) is 0 Å². The van der Waals surface area contributed by atoms with Crippen molar-refractivity contribution >= 4 is 37.2 Å². The van der Waals surface area contributed by atoms with Gasteiger partial charge in [-0.25, -0.2) is 0 Å². The predicted molar refractivity (Wildman–Crippen MR) is 90.8 cm³/mol. The molecule has 21 heavy (non-hydrogen) atoms. The molecule has 3 aromatic rings. The van der Waals surface area contributed by atoms with Crippen molar-refractivity contribution in [3.63, 3.8) is 0 Å². The van der Waals surface area contributed by atoms with Crippen molar-refractivity contribution in [1.29, 1.82) is 0 Å². The Balaban J connectivity index is 2.50. The highest BCUT2D eigenvalue weighted by molar-refractivity contribution is 7.24. The number of phenols is 1. The van der Waals surface area contributed by atoms with Crippen molar-refractivity contribution in [2.24, 2.45) is 0 Å². The molecule has 0 spiro atoms. The minimum Gasteiger partial charge on any atom is -0.506 e. The summed E-state index contributed by atoms with van der Waals surface area (Å²) in [5.41, 5.74) is 0.654. The molecule has 3 nitrogen and oxygen atoms in total. The molecule has 3 rings (SSSR count). The Kier molecular flexibility index (Phi) is 3.55. The first-order chi connectivity index (χ1) is 10.2. The van der Waals surface area contributed by atoms with E-state index in [9.17, 15) is 9.90 Å². The molecule has 0 unspecified atom stereocenters. The molecule has 0 saturated carbocycles. The second kappa shape index (κ2) is 5.37. The maximum absolute atomic E-state index is 12.9. The molecule has 0 aliphatic carbocycles. The number of hydrogen-bond donors (Lipinski definition) is 1. The lowest BCUT2D eigenvalue weighted by Crippen LogP contribution is -2.23. The predicted octanol–water partition coefficient (Wildman–Crippen LogP) is 3.97. The van der Waals surface area contributed by atoms with Crippen molar-refractivity contribution in [3.8, 4) is 5.75 Å². The molecule has 0 amide bonds. The van der Waals surface area contributed by atoms with Crippen molar-refractivity contribution < 1.29 is 5.11 Å². The molecule has 1 heterocycles. The fourth-order valence-corrected chi connectivity index (χ4v) is 3.80. The monoisotopic (exact) mass is 299 g/mol. The van der Waals surface area contributed by atoms with Crippen LogP contribution in [0.4, 0.5) is 5.69 Å². The lowest BCUT2D eigenvalue weighted by molar-refractivity contribution is 0.475. The van der Waals surface area contributed by atoms with Crippen molar-refractivity contribution in [3.05, 3.63) is 46.6 Å². The van der Waals surface area contributed by atoms with Gasteiger partial charge in [-0.1, -0.05) is 12.1 Å². The van der Waals surface area contributed by atoms with E-state index in [1.54, 1.807) is 17.4 Å². The Hall–Kier alpha value is -2.07. The van der Waals surface area contributed by atoms with Crippen molar-refractivity contribution in [2.45, 2.75) is 13.8 Å². The Morgan fingerprint density at radius 1 is 1.05 bits per heavy atom. The number of hydrogen-bond acceptors (Lipinski definition) is 4. The number of nitrogens with zero attached hydrogens (tertiary/aromatic N) is 1. The van der Waals surface area contributed by atoms with Crippen LogP contribution in [0.25, 0.3) is 20.2 Å². The molecule has 1 N–H and O–H groups in total. The molecule has 2 aromatic carbocycles. The van der Waals surface area contributed by atoms with E-state index in [4.69, 9.17) is 0 Å². The highest BCUT2D eigenvalue weighted by Crippen LogP contribution is 2.37. The SMILES string of the molecule is CCN(CC)c1c(O)ccc2sc3ccccc3c(=O)c12. The van der Waals surface area contributed by atoms with Gasteiger partial charge in [-0.2, -0.15) is 0 Å². The maximum Gasteiger partial charge on any atom is 0.198 e. The van der Waals surface area contributed by atoms with E-state index in [2.05, 4.69) is 0 Å². The Labute approximate surface area is 127 Å². The fourth-order valence-electron chi connectivity index (χ4n) is 2.72. The van der Waals surface area contributed by atoms with Gasteiger partial charge < -0.3 is 10.0 Å². The summed E-state index contributed by atoms with van der Waals surface area (Å²) >= 11 is 1.59. The minimum atomic E-state index is -0.00264. The summed E-state index contributed by atoms with van der Waals surface area (Å²) in [5, 5.41) is 11.6. The van der Waals surface area contributed by atoms with E-state index in [0.717, 1.165) is 22.5 Å². The van der Waals surface area contributed by atoms with E-state index in [0.29, 0.717) is 16.5 Å². The molecule has 0 fully saturated rings. The molecule has 0 saturated heterocycles. The lowest BCUT2D eigenvalue weighted by atomic mass is 10.1. The zero-order chi connectivity index (χ0) is 15.0. The largest absolute Gasteiger partial charge is 0.506 e. The number of anilines is 1. The van der Waals surface area contributed by atoms with Crippen LogP contribution in [-0.2, 0) is 0 Å². The number of rotatable bonds is 3. The van der Waals surface area contributed by atoms with Crippen molar-refractivity contribution in [1.82, 2.24) is 0 Å². The molecule has 4 heteroatoms. The number of benzene rings is 2. The van der Waals surface area contributed by atoms with Gasteiger partial charge in [-0.3, -0.25) is 4.79 Å². The maximum atomic E-state index is 12.9. The molecule has 0 radical (unpaired) electrons. The van der Waals surface area contributed by atoms with E-state index < -0.39 is 0 Å². The average molecular weight is 299 g/mol. The van der Waals surface area contributed by atoms with E-state index >= 15 is 0 Å². The Morgan fingerprint density at radius 2 is 1.76 bits per heavy atom. The molecule has 0 atom stereocenters. The van der Waals surface area contributed by atoms with Gasteiger partial charge in [0.15, 0.2) is 5.43 Å². The number of aromatic hydroxyl groups is 1. The van der Waals surface area contributed by atoms with Crippen LogP contribution in [0.5, 0.6) is 5.75 Å². The molecule has 0 bridgehead atoms. The van der Waals surface area contributed by atoms with Gasteiger partial charge in [-0.15, -0.1) is 11.3 Å². The van der Waals surface area contributed by atoms with Crippen LogP contribution < -0.4 is 10.3 Å². The molecule has 0 aliphatic rings. The topological polar surface area (TPSA) is 40.5 Å². The molecule has 0 aliphatic heterocycles. The first-order valence-electron chi connectivity index (χ1n) is 7.09. The standard InChI is InChI=1S/C17H17NO2S/c1-3-18(4-2)16-12(19)9-10-14-15(16)17(20)11-7-5-6-8-13(11)21-14/h5-10,19H,3-4H2,1-2H3. The first kappa shape index (κ1) is 13.9. The zero-order valence-corrected chi connectivity index (χ0v) is 12.9. The summed E-state index contributed by atoms with van der Waals surface area (Å²) in [4.78, 5) is 14.9. The third-order valence-electron chi connectivity index (χ3n) is 3.78. The van der Waals surface area contributed by atoms with Gasteiger partial charge in [0.1, 0.15) is 5.75 Å². The summed E-state index contributed by atoms with van der Waals surface area (Å²) in [6.45, 7) is 5.55. The molecule has 1 aromatic heterocycles. The second-order valence-electron chi connectivity index (χ2n) is 4.91. The first-order valence-corrected chi connectivity index (χ1v) is 7.91. The number of phenolic OH excluding ortho intramolecular Hbond substituents is 1. The third-order valence-corrected chi connectivity index (χ3v) is 4.91. The van der Waals surface area contributed by atoms with Crippen LogP contribution in [0, 0.1) is 0 Å². The second-order valence-corrected chi connectivity index (χ2v) is 5.99. The van der Waals surface area contributed by atoms with Crippen molar-refractivity contribution in [2.75, 3.05) is 18.0 Å². The van der Waals surface area contributed by atoms with E-state index in [1.807, 2.05) is 49.1 Å². The van der Waals surface area contributed by atoms with Gasteiger partial charge >= 0.3 is 0 Å². The summed E-state index contributed by atoms with van der Waals surface area (Å²) in [6.07, 6.45) is 0.